The summed E-state index contributed by atoms with van der Waals surface area (Å²) in [5, 5.41) is -0.00492. The van der Waals surface area contributed by atoms with Crippen LogP contribution in [-0.2, 0) is 9.53 Å². The molecule has 7 heteroatoms. The van der Waals surface area contributed by atoms with Gasteiger partial charge in [-0.15, -0.1) is 0 Å². The zero-order valence-electron chi connectivity index (χ0n) is 13.1. The zero-order chi connectivity index (χ0) is 17.0. The van der Waals surface area contributed by atoms with E-state index in [0.29, 0.717) is 12.8 Å². The lowest BCUT2D eigenvalue weighted by Crippen LogP contribution is -2.32. The molecular formula is C16H20ClF2NO3. The summed E-state index contributed by atoms with van der Waals surface area (Å²) in [6.07, 6.45) is -0.578. The first kappa shape index (κ1) is 17.9. The first-order chi connectivity index (χ1) is 10.9. The fraction of sp³-hybridized carbons (Fsp3) is 0.625. The Morgan fingerprint density at radius 1 is 1.35 bits per heavy atom. The summed E-state index contributed by atoms with van der Waals surface area (Å²) in [5.41, 5.74) is -0.468. The van der Waals surface area contributed by atoms with Crippen LogP contribution in [0.15, 0.2) is 12.1 Å². The zero-order valence-corrected chi connectivity index (χ0v) is 13.9. The van der Waals surface area contributed by atoms with Crippen molar-refractivity contribution in [3.63, 3.8) is 0 Å². The van der Waals surface area contributed by atoms with Gasteiger partial charge in [0.05, 0.1) is 18.1 Å². The van der Waals surface area contributed by atoms with Gasteiger partial charge in [-0.3, -0.25) is 4.79 Å². The van der Waals surface area contributed by atoms with E-state index in [9.17, 15) is 13.6 Å². The number of alkyl halides is 2. The lowest BCUT2D eigenvalue weighted by Gasteiger charge is -2.29. The molecule has 1 fully saturated rings. The molecule has 0 spiro atoms. The number of pyridine rings is 1. The summed E-state index contributed by atoms with van der Waals surface area (Å²) in [6.45, 7) is 3.59. The Balaban J connectivity index is 2.04. The largest absolute Gasteiger partial charge is 0.488 e. The molecule has 0 aliphatic heterocycles. The van der Waals surface area contributed by atoms with Crippen LogP contribution in [0.5, 0.6) is 5.75 Å². The van der Waals surface area contributed by atoms with Crippen molar-refractivity contribution in [3.05, 3.63) is 23.0 Å². The van der Waals surface area contributed by atoms with Gasteiger partial charge in [-0.1, -0.05) is 11.6 Å². The predicted molar refractivity (Wildman–Crippen MR) is 81.8 cm³/mol. The van der Waals surface area contributed by atoms with Gasteiger partial charge < -0.3 is 9.47 Å². The van der Waals surface area contributed by atoms with E-state index < -0.39 is 12.1 Å². The average Bonchev–Trinajstić information content (AvgIpc) is 2.48. The fourth-order valence-corrected chi connectivity index (χ4v) is 2.82. The van der Waals surface area contributed by atoms with Crippen molar-refractivity contribution < 1.29 is 23.0 Å². The van der Waals surface area contributed by atoms with Crippen molar-refractivity contribution in [2.24, 2.45) is 5.92 Å². The van der Waals surface area contributed by atoms with Gasteiger partial charge in [0, 0.05) is 0 Å². The molecule has 1 heterocycles. The summed E-state index contributed by atoms with van der Waals surface area (Å²) < 4.78 is 37.0. The van der Waals surface area contributed by atoms with Gasteiger partial charge in [0.2, 0.25) is 0 Å². The minimum absolute atomic E-state index is 0.00492. The van der Waals surface area contributed by atoms with Gasteiger partial charge in [0.15, 0.2) is 0 Å². The third kappa shape index (κ3) is 5.03. The van der Waals surface area contributed by atoms with E-state index in [2.05, 4.69) is 4.98 Å². The maximum atomic E-state index is 13.0. The first-order valence-electron chi connectivity index (χ1n) is 7.68. The Kier molecular flexibility index (Phi) is 6.16. The Morgan fingerprint density at radius 3 is 2.74 bits per heavy atom. The quantitative estimate of drug-likeness (QED) is 0.578. The van der Waals surface area contributed by atoms with Crippen LogP contribution in [0, 0.1) is 5.92 Å². The second kappa shape index (κ2) is 7.90. The number of aromatic nitrogens is 1. The van der Waals surface area contributed by atoms with Crippen molar-refractivity contribution in [1.82, 2.24) is 4.98 Å². The number of nitrogens with zero attached hydrogens (tertiary/aromatic N) is 1. The summed E-state index contributed by atoms with van der Waals surface area (Å²) in [5.74, 6) is -0.490. The van der Waals surface area contributed by atoms with Crippen molar-refractivity contribution >= 4 is 17.6 Å². The molecule has 0 N–H and O–H groups in total. The molecule has 0 aromatic carbocycles. The number of halogens is 3. The number of hydrogen-bond acceptors (Lipinski definition) is 4. The highest BCUT2D eigenvalue weighted by Crippen LogP contribution is 2.33. The molecule has 1 aliphatic rings. The van der Waals surface area contributed by atoms with Crippen molar-refractivity contribution in [1.29, 1.82) is 0 Å². The normalized spacial score (nSPS) is 21.5. The molecule has 1 aromatic heterocycles. The summed E-state index contributed by atoms with van der Waals surface area (Å²) in [4.78, 5) is 15.6. The van der Waals surface area contributed by atoms with Crippen LogP contribution >= 0.6 is 11.6 Å². The van der Waals surface area contributed by atoms with Crippen LogP contribution in [0.3, 0.4) is 0 Å². The molecule has 1 saturated carbocycles. The molecule has 0 bridgehead atoms. The van der Waals surface area contributed by atoms with Crippen LogP contribution in [0.25, 0.3) is 0 Å². The van der Waals surface area contributed by atoms with Crippen LogP contribution in [-0.4, -0.2) is 23.2 Å². The van der Waals surface area contributed by atoms with E-state index in [0.717, 1.165) is 12.8 Å². The van der Waals surface area contributed by atoms with Crippen LogP contribution < -0.4 is 4.74 Å². The minimum atomic E-state index is -2.77. The minimum Gasteiger partial charge on any atom is -0.488 e. The molecule has 1 aliphatic carbocycles. The van der Waals surface area contributed by atoms with Crippen molar-refractivity contribution in [2.75, 3.05) is 0 Å². The Labute approximate surface area is 139 Å². The van der Waals surface area contributed by atoms with Crippen LogP contribution in [0.1, 0.15) is 51.7 Å². The maximum Gasteiger partial charge on any atom is 0.309 e. The summed E-state index contributed by atoms with van der Waals surface area (Å²) >= 11 is 5.66. The van der Waals surface area contributed by atoms with Gasteiger partial charge in [0.25, 0.3) is 6.43 Å². The third-order valence-corrected chi connectivity index (χ3v) is 3.87. The third-order valence-electron chi connectivity index (χ3n) is 3.66. The average molecular weight is 348 g/mol. The number of rotatable bonds is 5. The SMILES string of the molecule is CC(C)OC(=O)[C@H]1CCC[C@H](Oc2ccc(Cl)nc2C(F)F)C1. The molecule has 2 atom stereocenters. The first-order valence-corrected chi connectivity index (χ1v) is 8.06. The van der Waals surface area contributed by atoms with Crippen LogP contribution in [0.2, 0.25) is 5.15 Å². The number of hydrogen-bond donors (Lipinski definition) is 0. The molecule has 4 nitrogen and oxygen atoms in total. The van der Waals surface area contributed by atoms with Crippen molar-refractivity contribution in [3.8, 4) is 5.75 Å². The van der Waals surface area contributed by atoms with E-state index in [1.807, 2.05) is 0 Å². The smallest absolute Gasteiger partial charge is 0.309 e. The summed E-state index contributed by atoms with van der Waals surface area (Å²) in [7, 11) is 0. The molecule has 0 radical (unpaired) electrons. The van der Waals surface area contributed by atoms with Crippen LogP contribution in [0.4, 0.5) is 8.78 Å². The lowest BCUT2D eigenvalue weighted by molar-refractivity contribution is -0.154. The Morgan fingerprint density at radius 2 is 2.09 bits per heavy atom. The highest BCUT2D eigenvalue weighted by atomic mass is 35.5. The predicted octanol–water partition coefficient (Wildman–Crippen LogP) is 4.56. The van der Waals surface area contributed by atoms with Gasteiger partial charge in [-0.2, -0.15) is 0 Å². The van der Waals surface area contributed by atoms with Gasteiger partial charge >= 0.3 is 5.97 Å². The number of carbonyl (C=O) groups is 1. The molecule has 0 unspecified atom stereocenters. The van der Waals surface area contributed by atoms with Gasteiger partial charge in [0.1, 0.15) is 16.6 Å². The molecule has 23 heavy (non-hydrogen) atoms. The van der Waals surface area contributed by atoms with E-state index in [1.54, 1.807) is 13.8 Å². The molecule has 128 valence electrons. The highest BCUT2D eigenvalue weighted by molar-refractivity contribution is 6.29. The monoisotopic (exact) mass is 347 g/mol. The highest BCUT2D eigenvalue weighted by Gasteiger charge is 2.31. The molecular weight excluding hydrogens is 328 g/mol. The molecule has 0 amide bonds. The van der Waals surface area contributed by atoms with Gasteiger partial charge in [-0.25, -0.2) is 13.8 Å². The second-order valence-electron chi connectivity index (χ2n) is 5.91. The topological polar surface area (TPSA) is 48.4 Å². The number of ether oxygens (including phenoxy) is 2. The van der Waals surface area contributed by atoms with Crippen molar-refractivity contribution in [2.45, 2.75) is 58.2 Å². The Bertz CT molecular complexity index is 554. The van der Waals surface area contributed by atoms with E-state index in [1.165, 1.54) is 12.1 Å². The van der Waals surface area contributed by atoms with Gasteiger partial charge in [-0.05, 0) is 51.7 Å². The molecule has 1 aromatic rings. The molecule has 2 rings (SSSR count). The van der Waals surface area contributed by atoms with E-state index in [4.69, 9.17) is 21.1 Å². The van der Waals surface area contributed by atoms with E-state index in [-0.39, 0.29) is 35.0 Å². The number of esters is 1. The fourth-order valence-electron chi connectivity index (χ4n) is 2.67. The maximum absolute atomic E-state index is 13.0. The van der Waals surface area contributed by atoms with E-state index >= 15 is 0 Å². The Hall–Kier alpha value is -1.43. The second-order valence-corrected chi connectivity index (χ2v) is 6.29. The number of carbonyl (C=O) groups excluding carboxylic acids is 1. The molecule has 0 saturated heterocycles. The standard InChI is InChI=1S/C16H20ClF2NO3/c1-9(2)22-16(21)10-4-3-5-11(8-10)23-12-6-7-13(17)20-14(12)15(18)19/h6-7,9-11,15H,3-5,8H2,1-2H3/t10-,11-/m0/s1. The lowest BCUT2D eigenvalue weighted by atomic mass is 9.87. The summed E-state index contributed by atoms with van der Waals surface area (Å²) in [6, 6.07) is 2.81.